The Kier molecular flexibility index (Phi) is 7.83. The molecular formula is C27H36N6O4. The van der Waals surface area contributed by atoms with Gasteiger partial charge in [0, 0.05) is 29.6 Å². The minimum absolute atomic E-state index is 0.130. The number of tetrazole rings is 1. The minimum atomic E-state index is -0.427. The number of nitrogens with zero attached hydrogens (tertiary/aromatic N) is 5. The highest BCUT2D eigenvalue weighted by Crippen LogP contribution is 2.35. The number of esters is 1. The van der Waals surface area contributed by atoms with Gasteiger partial charge < -0.3 is 14.5 Å². The highest BCUT2D eigenvalue weighted by molar-refractivity contribution is 5.80. The molecule has 5 rings (SSSR count). The molecule has 1 aliphatic carbocycles. The second kappa shape index (κ2) is 11.4. The van der Waals surface area contributed by atoms with E-state index in [9.17, 15) is 9.59 Å². The van der Waals surface area contributed by atoms with Crippen LogP contribution in [0.1, 0.15) is 82.3 Å². The maximum atomic E-state index is 13.5. The van der Waals surface area contributed by atoms with Gasteiger partial charge in [-0.1, -0.05) is 19.3 Å². The van der Waals surface area contributed by atoms with Crippen LogP contribution in [-0.4, -0.2) is 62.4 Å². The van der Waals surface area contributed by atoms with Gasteiger partial charge in [-0.2, -0.15) is 0 Å². The van der Waals surface area contributed by atoms with Crippen molar-refractivity contribution in [3.63, 3.8) is 0 Å². The number of nitrogens with one attached hydrogen (secondary N) is 1. The van der Waals surface area contributed by atoms with E-state index in [4.69, 9.17) is 9.47 Å². The Balaban J connectivity index is 1.54. The van der Waals surface area contributed by atoms with Crippen molar-refractivity contribution in [2.24, 2.45) is 5.92 Å². The highest BCUT2D eigenvalue weighted by Gasteiger charge is 2.36. The fourth-order valence-corrected chi connectivity index (χ4v) is 5.78. The van der Waals surface area contributed by atoms with Crippen molar-refractivity contribution in [2.75, 3.05) is 26.3 Å². The quantitative estimate of drug-likeness (QED) is 0.457. The summed E-state index contributed by atoms with van der Waals surface area (Å²) in [6.07, 6.45) is 6.92. The maximum Gasteiger partial charge on any atom is 0.309 e. The summed E-state index contributed by atoms with van der Waals surface area (Å²) in [5, 5.41) is 13.8. The fourth-order valence-electron chi connectivity index (χ4n) is 5.78. The number of aromatic nitrogens is 5. The molecule has 2 fully saturated rings. The number of piperidine rings is 1. The molecule has 2 aliphatic rings. The van der Waals surface area contributed by atoms with Crippen molar-refractivity contribution in [1.82, 2.24) is 30.1 Å². The van der Waals surface area contributed by atoms with E-state index in [-0.39, 0.29) is 23.5 Å². The molecule has 37 heavy (non-hydrogen) atoms. The molecule has 1 atom stereocenters. The van der Waals surface area contributed by atoms with Gasteiger partial charge >= 0.3 is 5.97 Å². The van der Waals surface area contributed by atoms with Gasteiger partial charge in [0.2, 0.25) is 0 Å². The number of aromatic amines is 1. The first-order chi connectivity index (χ1) is 18.1. The number of hydrogen-bond acceptors (Lipinski definition) is 8. The number of fused-ring (bicyclic) bond motifs is 1. The smallest absolute Gasteiger partial charge is 0.309 e. The summed E-state index contributed by atoms with van der Waals surface area (Å²) < 4.78 is 12.9. The monoisotopic (exact) mass is 508 g/mol. The Labute approximate surface area is 216 Å². The summed E-state index contributed by atoms with van der Waals surface area (Å²) in [6.45, 7) is 6.01. The third kappa shape index (κ3) is 5.39. The molecule has 0 radical (unpaired) electrons. The first kappa shape index (κ1) is 25.4. The van der Waals surface area contributed by atoms with Gasteiger partial charge in [0.05, 0.1) is 25.2 Å². The normalized spacial score (nSPS) is 18.6. The molecule has 1 aromatic carbocycles. The molecule has 3 heterocycles. The van der Waals surface area contributed by atoms with Crippen LogP contribution in [0.3, 0.4) is 0 Å². The molecular weight excluding hydrogens is 472 g/mol. The molecule has 0 spiro atoms. The van der Waals surface area contributed by atoms with Gasteiger partial charge in [0.15, 0.2) is 5.82 Å². The largest absolute Gasteiger partial charge is 0.494 e. The lowest BCUT2D eigenvalue weighted by atomic mass is 9.93. The number of hydrogen-bond donors (Lipinski definition) is 1. The van der Waals surface area contributed by atoms with Crippen LogP contribution < -0.4 is 10.3 Å². The molecule has 1 unspecified atom stereocenters. The second-order valence-corrected chi connectivity index (χ2v) is 9.97. The third-order valence-corrected chi connectivity index (χ3v) is 7.65. The Hall–Kier alpha value is -3.27. The minimum Gasteiger partial charge on any atom is -0.494 e. The summed E-state index contributed by atoms with van der Waals surface area (Å²) in [4.78, 5) is 31.2. The third-order valence-electron chi connectivity index (χ3n) is 7.65. The number of ether oxygens (including phenoxy) is 2. The zero-order valence-electron chi connectivity index (χ0n) is 21.7. The van der Waals surface area contributed by atoms with Gasteiger partial charge in [0.1, 0.15) is 11.8 Å². The van der Waals surface area contributed by atoms with Crippen LogP contribution in [0.4, 0.5) is 0 Å². The number of carbonyl (C=O) groups is 1. The Morgan fingerprint density at radius 3 is 2.59 bits per heavy atom. The molecule has 1 aliphatic heterocycles. The van der Waals surface area contributed by atoms with Crippen molar-refractivity contribution in [1.29, 1.82) is 0 Å². The van der Waals surface area contributed by atoms with Crippen molar-refractivity contribution < 1.29 is 14.3 Å². The van der Waals surface area contributed by atoms with Gasteiger partial charge in [-0.05, 0) is 74.2 Å². The van der Waals surface area contributed by atoms with Crippen LogP contribution in [0.25, 0.3) is 10.9 Å². The van der Waals surface area contributed by atoms with E-state index >= 15 is 0 Å². The van der Waals surface area contributed by atoms with E-state index in [0.29, 0.717) is 50.5 Å². The van der Waals surface area contributed by atoms with Crippen molar-refractivity contribution >= 4 is 16.9 Å². The molecule has 10 heteroatoms. The molecule has 1 saturated carbocycles. The van der Waals surface area contributed by atoms with E-state index in [0.717, 1.165) is 42.3 Å². The van der Waals surface area contributed by atoms with Crippen molar-refractivity contribution in [3.8, 4) is 5.75 Å². The van der Waals surface area contributed by atoms with E-state index in [1.807, 2.05) is 42.8 Å². The van der Waals surface area contributed by atoms with Gasteiger partial charge in [-0.25, -0.2) is 4.68 Å². The Morgan fingerprint density at radius 1 is 1.08 bits per heavy atom. The summed E-state index contributed by atoms with van der Waals surface area (Å²) in [7, 11) is 0. The highest BCUT2D eigenvalue weighted by atomic mass is 16.5. The topological polar surface area (TPSA) is 115 Å². The average molecular weight is 509 g/mol. The van der Waals surface area contributed by atoms with Crippen LogP contribution in [0.2, 0.25) is 0 Å². The number of H-pyrrole nitrogens is 1. The van der Waals surface area contributed by atoms with Gasteiger partial charge in [-0.15, -0.1) is 5.10 Å². The standard InChI is InChI=1S/C27H36N6O4/c1-3-36-21-10-11-23-19(16-21)17-22(26(34)28-23)24(32-14-12-18(13-15-32)27(35)37-4-2)25-29-30-31-33(25)20-8-6-5-7-9-20/h10-11,16-18,20,24H,3-9,12-15H2,1-2H3,(H,28,34). The summed E-state index contributed by atoms with van der Waals surface area (Å²) >= 11 is 0. The van der Waals surface area contributed by atoms with Crippen LogP contribution in [-0.2, 0) is 9.53 Å². The number of carbonyl (C=O) groups excluding carboxylic acids is 1. The number of likely N-dealkylation sites (tertiary alicyclic amines) is 1. The van der Waals surface area contributed by atoms with Gasteiger partial charge in [0.25, 0.3) is 5.56 Å². The summed E-state index contributed by atoms with van der Waals surface area (Å²) in [5.41, 5.74) is 1.19. The average Bonchev–Trinajstić information content (AvgIpc) is 3.40. The predicted molar refractivity (Wildman–Crippen MR) is 138 cm³/mol. The Morgan fingerprint density at radius 2 is 1.86 bits per heavy atom. The number of rotatable bonds is 8. The molecule has 10 nitrogen and oxygen atoms in total. The maximum absolute atomic E-state index is 13.5. The second-order valence-electron chi connectivity index (χ2n) is 9.97. The summed E-state index contributed by atoms with van der Waals surface area (Å²) in [5.74, 6) is 1.17. The number of benzene rings is 1. The van der Waals surface area contributed by atoms with Gasteiger partial charge in [-0.3, -0.25) is 14.5 Å². The van der Waals surface area contributed by atoms with Crippen LogP contribution in [0.15, 0.2) is 29.1 Å². The van der Waals surface area contributed by atoms with Crippen LogP contribution in [0.5, 0.6) is 5.75 Å². The lowest BCUT2D eigenvalue weighted by Crippen LogP contribution is -2.42. The van der Waals surface area contributed by atoms with E-state index in [1.165, 1.54) is 6.42 Å². The molecule has 1 saturated heterocycles. The lowest BCUT2D eigenvalue weighted by Gasteiger charge is -2.36. The SMILES string of the molecule is CCOC(=O)C1CCN(C(c2cc3cc(OCC)ccc3[nH]c2=O)c2nnnn2C2CCCCC2)CC1. The molecule has 0 amide bonds. The van der Waals surface area contributed by atoms with Crippen molar-refractivity contribution in [2.45, 2.75) is 70.9 Å². The molecule has 3 aromatic rings. The predicted octanol–water partition coefficient (Wildman–Crippen LogP) is 3.78. The Bertz CT molecular complexity index is 1270. The molecule has 2 aromatic heterocycles. The molecule has 0 bridgehead atoms. The fraction of sp³-hybridized carbons (Fsp3) is 0.593. The van der Waals surface area contributed by atoms with E-state index in [2.05, 4.69) is 25.4 Å². The molecule has 198 valence electrons. The van der Waals surface area contributed by atoms with E-state index < -0.39 is 6.04 Å². The van der Waals surface area contributed by atoms with Crippen molar-refractivity contribution in [3.05, 3.63) is 46.0 Å². The summed E-state index contributed by atoms with van der Waals surface area (Å²) in [6, 6.07) is 7.43. The van der Waals surface area contributed by atoms with Crippen LogP contribution >= 0.6 is 0 Å². The van der Waals surface area contributed by atoms with E-state index in [1.54, 1.807) is 0 Å². The first-order valence-corrected chi connectivity index (χ1v) is 13.6. The lowest BCUT2D eigenvalue weighted by molar-refractivity contribution is -0.149. The first-order valence-electron chi connectivity index (χ1n) is 13.6. The zero-order chi connectivity index (χ0) is 25.8. The number of pyridine rings is 1. The zero-order valence-corrected chi connectivity index (χ0v) is 21.7. The van der Waals surface area contributed by atoms with Crippen LogP contribution in [0, 0.1) is 5.92 Å². The molecule has 1 N–H and O–H groups in total.